The fraction of sp³-hybridized carbons (Fsp3) is 0.333. The second-order valence-electron chi connectivity index (χ2n) is 7.29. The number of anilines is 1. The topological polar surface area (TPSA) is 54.4 Å². The zero-order chi connectivity index (χ0) is 22.5. The standard InChI is InChI=1S/C24H26ClN3O3S/c1-3-28-23(29)22(16-17-15-18(25)5-10-21(17)31-4-2)32-24(28)26-19-6-8-20(9-7-19)27-11-13-30-14-12-27/h5-10,15-16H,3-4,11-14H2,1-2H3/b22-16-,26-24?. The van der Waals surface area contributed by atoms with Crippen LogP contribution in [-0.2, 0) is 9.53 Å². The van der Waals surface area contributed by atoms with Crippen molar-refractivity contribution < 1.29 is 14.3 Å². The third kappa shape index (κ3) is 5.11. The molecule has 168 valence electrons. The number of amides is 1. The quantitative estimate of drug-likeness (QED) is 0.542. The lowest BCUT2D eigenvalue weighted by atomic mass is 10.2. The molecule has 0 saturated carbocycles. The maximum absolute atomic E-state index is 13.0. The van der Waals surface area contributed by atoms with Gasteiger partial charge < -0.3 is 14.4 Å². The maximum atomic E-state index is 13.0. The van der Waals surface area contributed by atoms with Crippen molar-refractivity contribution in [2.45, 2.75) is 13.8 Å². The Labute approximate surface area is 197 Å². The third-order valence-corrected chi connectivity index (χ3v) is 6.45. The van der Waals surface area contributed by atoms with Gasteiger partial charge in [-0.3, -0.25) is 9.69 Å². The molecule has 0 atom stereocenters. The van der Waals surface area contributed by atoms with E-state index in [2.05, 4.69) is 17.0 Å². The van der Waals surface area contributed by atoms with E-state index in [1.165, 1.54) is 11.8 Å². The van der Waals surface area contributed by atoms with Crippen molar-refractivity contribution in [2.75, 3.05) is 44.4 Å². The molecule has 2 aliphatic rings. The van der Waals surface area contributed by atoms with Crippen LogP contribution in [0.25, 0.3) is 6.08 Å². The number of rotatable bonds is 6. The Kier molecular flexibility index (Phi) is 7.40. The molecule has 1 amide bonds. The number of hydrogen-bond acceptors (Lipinski definition) is 6. The van der Waals surface area contributed by atoms with E-state index in [4.69, 9.17) is 26.1 Å². The van der Waals surface area contributed by atoms with Crippen molar-refractivity contribution in [2.24, 2.45) is 4.99 Å². The molecule has 2 aromatic carbocycles. The smallest absolute Gasteiger partial charge is 0.266 e. The highest BCUT2D eigenvalue weighted by Crippen LogP contribution is 2.36. The number of aliphatic imine (C=N–C) groups is 1. The Bertz CT molecular complexity index is 1030. The molecule has 0 aromatic heterocycles. The van der Waals surface area contributed by atoms with Crippen molar-refractivity contribution in [3.63, 3.8) is 0 Å². The van der Waals surface area contributed by atoms with Gasteiger partial charge in [-0.1, -0.05) is 11.6 Å². The molecule has 2 heterocycles. The van der Waals surface area contributed by atoms with Gasteiger partial charge in [0, 0.05) is 35.9 Å². The van der Waals surface area contributed by atoms with Crippen LogP contribution in [0.5, 0.6) is 5.75 Å². The summed E-state index contributed by atoms with van der Waals surface area (Å²) >= 11 is 7.55. The summed E-state index contributed by atoms with van der Waals surface area (Å²) in [6.07, 6.45) is 1.83. The molecule has 0 radical (unpaired) electrons. The minimum absolute atomic E-state index is 0.0661. The van der Waals surface area contributed by atoms with Crippen molar-refractivity contribution in [3.8, 4) is 5.75 Å². The maximum Gasteiger partial charge on any atom is 0.266 e. The molecule has 0 bridgehead atoms. The second-order valence-corrected chi connectivity index (χ2v) is 8.73. The molecule has 0 unspecified atom stereocenters. The van der Waals surface area contributed by atoms with Gasteiger partial charge in [-0.05, 0) is 74.1 Å². The number of carbonyl (C=O) groups is 1. The molecule has 2 fully saturated rings. The molecular formula is C24H26ClN3O3S. The van der Waals surface area contributed by atoms with Crippen molar-refractivity contribution in [3.05, 3.63) is 58.0 Å². The SMILES string of the molecule is CCOc1ccc(Cl)cc1/C=C1\SC(=Nc2ccc(N3CCOCC3)cc2)N(CC)C1=O. The molecule has 32 heavy (non-hydrogen) atoms. The summed E-state index contributed by atoms with van der Waals surface area (Å²) in [6, 6.07) is 13.5. The molecular weight excluding hydrogens is 446 g/mol. The summed E-state index contributed by atoms with van der Waals surface area (Å²) in [7, 11) is 0. The van der Waals surface area contributed by atoms with Crippen LogP contribution < -0.4 is 9.64 Å². The molecule has 0 spiro atoms. The van der Waals surface area contributed by atoms with Gasteiger partial charge in [0.25, 0.3) is 5.91 Å². The Balaban J connectivity index is 1.58. The van der Waals surface area contributed by atoms with Crippen molar-refractivity contribution in [1.82, 2.24) is 4.90 Å². The number of thioether (sulfide) groups is 1. The number of amidine groups is 1. The van der Waals surface area contributed by atoms with Crippen LogP contribution in [0.1, 0.15) is 19.4 Å². The number of halogens is 1. The lowest BCUT2D eigenvalue weighted by Crippen LogP contribution is -2.36. The van der Waals surface area contributed by atoms with Crippen LogP contribution in [0.15, 0.2) is 52.4 Å². The lowest BCUT2D eigenvalue weighted by Gasteiger charge is -2.28. The molecule has 6 nitrogen and oxygen atoms in total. The average Bonchev–Trinajstić information content (AvgIpc) is 3.10. The first-order valence-electron chi connectivity index (χ1n) is 10.7. The van der Waals surface area contributed by atoms with Gasteiger partial charge in [-0.15, -0.1) is 0 Å². The van der Waals surface area contributed by atoms with Gasteiger partial charge >= 0.3 is 0 Å². The number of hydrogen-bond donors (Lipinski definition) is 0. The van der Waals surface area contributed by atoms with Gasteiger partial charge in [-0.25, -0.2) is 4.99 Å². The summed E-state index contributed by atoms with van der Waals surface area (Å²) in [6.45, 7) is 8.24. The van der Waals surface area contributed by atoms with Gasteiger partial charge in [0.15, 0.2) is 5.17 Å². The van der Waals surface area contributed by atoms with E-state index >= 15 is 0 Å². The number of carbonyl (C=O) groups excluding carboxylic acids is 1. The van der Waals surface area contributed by atoms with Gasteiger partial charge in [0.05, 0.1) is 30.4 Å². The van der Waals surface area contributed by atoms with E-state index in [9.17, 15) is 4.79 Å². The van der Waals surface area contributed by atoms with Gasteiger partial charge in [-0.2, -0.15) is 0 Å². The molecule has 2 aliphatic heterocycles. The Morgan fingerprint density at radius 1 is 1.16 bits per heavy atom. The minimum Gasteiger partial charge on any atom is -0.493 e. The molecule has 0 aliphatic carbocycles. The third-order valence-electron chi connectivity index (χ3n) is 5.21. The highest BCUT2D eigenvalue weighted by Gasteiger charge is 2.32. The van der Waals surface area contributed by atoms with E-state index in [1.807, 2.05) is 44.2 Å². The van der Waals surface area contributed by atoms with Gasteiger partial charge in [0.1, 0.15) is 5.75 Å². The predicted molar refractivity (Wildman–Crippen MR) is 132 cm³/mol. The normalized spacial score (nSPS) is 19.3. The Morgan fingerprint density at radius 3 is 2.59 bits per heavy atom. The number of likely N-dealkylation sites (N-methyl/N-ethyl adjacent to an activating group) is 1. The summed E-state index contributed by atoms with van der Waals surface area (Å²) in [5, 5.41) is 1.26. The zero-order valence-corrected chi connectivity index (χ0v) is 19.8. The first-order chi connectivity index (χ1) is 15.6. The second kappa shape index (κ2) is 10.4. The number of benzene rings is 2. The fourth-order valence-corrected chi connectivity index (χ4v) is 4.83. The van der Waals surface area contributed by atoms with Crippen LogP contribution in [0, 0.1) is 0 Å². The highest BCUT2D eigenvalue weighted by atomic mass is 35.5. The molecule has 4 rings (SSSR count). The molecule has 0 N–H and O–H groups in total. The fourth-order valence-electron chi connectivity index (χ4n) is 3.60. The summed E-state index contributed by atoms with van der Waals surface area (Å²) in [5.74, 6) is 0.633. The number of ether oxygens (including phenoxy) is 2. The molecule has 2 saturated heterocycles. The highest BCUT2D eigenvalue weighted by molar-refractivity contribution is 8.18. The monoisotopic (exact) mass is 471 g/mol. The van der Waals surface area contributed by atoms with Crippen LogP contribution in [0.2, 0.25) is 5.02 Å². The minimum atomic E-state index is -0.0661. The first kappa shape index (κ1) is 22.7. The van der Waals surface area contributed by atoms with E-state index in [-0.39, 0.29) is 5.91 Å². The van der Waals surface area contributed by atoms with Gasteiger partial charge in [0.2, 0.25) is 0 Å². The Morgan fingerprint density at radius 2 is 1.91 bits per heavy atom. The van der Waals surface area contributed by atoms with Crippen LogP contribution in [-0.4, -0.2) is 55.4 Å². The van der Waals surface area contributed by atoms with Crippen LogP contribution in [0.3, 0.4) is 0 Å². The summed E-state index contributed by atoms with van der Waals surface area (Å²) < 4.78 is 11.1. The van der Waals surface area contributed by atoms with E-state index in [0.717, 1.165) is 43.2 Å². The van der Waals surface area contributed by atoms with Crippen molar-refractivity contribution >= 4 is 51.9 Å². The molecule has 2 aromatic rings. The van der Waals surface area contributed by atoms with E-state index in [0.29, 0.717) is 34.0 Å². The lowest BCUT2D eigenvalue weighted by molar-refractivity contribution is -0.122. The predicted octanol–water partition coefficient (Wildman–Crippen LogP) is 5.20. The number of morpholine rings is 1. The summed E-state index contributed by atoms with van der Waals surface area (Å²) in [4.78, 5) is 22.4. The van der Waals surface area contributed by atoms with Crippen molar-refractivity contribution in [1.29, 1.82) is 0 Å². The Hall–Kier alpha value is -2.48. The van der Waals surface area contributed by atoms with Crippen LogP contribution in [0.4, 0.5) is 11.4 Å². The van der Waals surface area contributed by atoms with Crippen LogP contribution >= 0.6 is 23.4 Å². The first-order valence-corrected chi connectivity index (χ1v) is 11.9. The average molecular weight is 472 g/mol. The largest absolute Gasteiger partial charge is 0.493 e. The number of nitrogens with zero attached hydrogens (tertiary/aromatic N) is 3. The van der Waals surface area contributed by atoms with E-state index in [1.54, 1.807) is 11.0 Å². The van der Waals surface area contributed by atoms with E-state index < -0.39 is 0 Å². The summed E-state index contributed by atoms with van der Waals surface area (Å²) in [5.41, 5.74) is 2.75. The zero-order valence-electron chi connectivity index (χ0n) is 18.2. The molecule has 8 heteroatoms.